The lowest BCUT2D eigenvalue weighted by Gasteiger charge is -2.40. The van der Waals surface area contributed by atoms with Gasteiger partial charge < -0.3 is 14.2 Å². The minimum atomic E-state index is -0.593. The fourth-order valence-electron chi connectivity index (χ4n) is 5.25. The number of likely N-dealkylation sites (N-methyl/N-ethyl adjacent to an activating group) is 1. The number of quaternary nitrogens is 1. The quantitative estimate of drug-likeness (QED) is 0.125. The zero-order valence-electron chi connectivity index (χ0n) is 24.7. The average molecular weight is 580 g/mol. The van der Waals surface area contributed by atoms with E-state index in [2.05, 4.69) is 49.3 Å². The highest BCUT2D eigenvalue weighted by Gasteiger charge is 2.32. The van der Waals surface area contributed by atoms with Crippen LogP contribution in [0.25, 0.3) is 22.8 Å². The van der Waals surface area contributed by atoms with E-state index in [0.29, 0.717) is 23.6 Å². The molecule has 0 N–H and O–H groups in total. The lowest BCUT2D eigenvalue weighted by atomic mass is 10.00. The highest BCUT2D eigenvalue weighted by molar-refractivity contribution is 6.01. The van der Waals surface area contributed by atoms with Gasteiger partial charge in [-0.1, -0.05) is 36.4 Å². The number of nitriles is 1. The van der Waals surface area contributed by atoms with Gasteiger partial charge in [0, 0.05) is 37.1 Å². The molecular weight excluding hydrogens is 542 g/mol. The maximum Gasteiger partial charge on any atom is 0.333 e. The van der Waals surface area contributed by atoms with Gasteiger partial charge in [0.05, 0.1) is 58.3 Å². The summed E-state index contributed by atoms with van der Waals surface area (Å²) in [4.78, 5) is 42.5. The van der Waals surface area contributed by atoms with Gasteiger partial charge in [0.2, 0.25) is 0 Å². The van der Waals surface area contributed by atoms with Crippen molar-refractivity contribution in [3.8, 4) is 17.2 Å². The Morgan fingerprint density at radius 3 is 2.14 bits per heavy atom. The van der Waals surface area contributed by atoms with E-state index in [1.54, 1.807) is 0 Å². The third-order valence-corrected chi connectivity index (χ3v) is 8.06. The van der Waals surface area contributed by atoms with Crippen LogP contribution in [0.1, 0.15) is 36.8 Å². The smallest absolute Gasteiger partial charge is 0.333 e. The van der Waals surface area contributed by atoms with Gasteiger partial charge >= 0.3 is 5.97 Å². The Bertz CT molecular complexity index is 1530. The van der Waals surface area contributed by atoms with Gasteiger partial charge in [0.25, 0.3) is 11.8 Å². The summed E-state index contributed by atoms with van der Waals surface area (Å²) in [6.45, 7) is 4.94. The summed E-state index contributed by atoms with van der Waals surface area (Å²) < 4.78 is 3.02. The molecule has 0 radical (unpaired) electrons. The van der Waals surface area contributed by atoms with Crippen molar-refractivity contribution in [1.82, 2.24) is 5.06 Å². The van der Waals surface area contributed by atoms with Gasteiger partial charge in [-0.2, -0.15) is 5.26 Å². The van der Waals surface area contributed by atoms with Crippen LogP contribution in [0.2, 0.25) is 0 Å². The summed E-state index contributed by atoms with van der Waals surface area (Å²) in [7, 11) is 4.55. The van der Waals surface area contributed by atoms with Crippen LogP contribution in [0.15, 0.2) is 73.1 Å². The number of benzene rings is 2. The van der Waals surface area contributed by atoms with E-state index in [0.717, 1.165) is 52.9 Å². The molecule has 0 saturated carbocycles. The predicted molar refractivity (Wildman–Crippen MR) is 162 cm³/mol. The van der Waals surface area contributed by atoms with Crippen molar-refractivity contribution in [3.05, 3.63) is 84.2 Å². The predicted octanol–water partition coefficient (Wildman–Crippen LogP) is 3.99. The van der Waals surface area contributed by atoms with Crippen LogP contribution in [0.4, 0.5) is 5.69 Å². The van der Waals surface area contributed by atoms with Crippen LogP contribution in [0.5, 0.6) is 0 Å². The summed E-state index contributed by atoms with van der Waals surface area (Å²) in [6, 6.07) is 22.7. The van der Waals surface area contributed by atoms with Gasteiger partial charge in [-0.3, -0.25) is 9.59 Å². The lowest BCUT2D eigenvalue weighted by molar-refractivity contribution is -0.890. The molecule has 2 fully saturated rings. The van der Waals surface area contributed by atoms with E-state index in [4.69, 9.17) is 4.84 Å². The molecule has 2 amide bonds. The molecule has 3 aromatic rings. The van der Waals surface area contributed by atoms with Crippen molar-refractivity contribution < 1.29 is 28.3 Å². The summed E-state index contributed by atoms with van der Waals surface area (Å²) in [5, 5.41) is 10.5. The number of amides is 2. The minimum absolute atomic E-state index is 0.0826. The van der Waals surface area contributed by atoms with Gasteiger partial charge in [0.1, 0.15) is 6.54 Å². The second-order valence-corrected chi connectivity index (χ2v) is 11.7. The largest absolute Gasteiger partial charge is 0.360 e. The van der Waals surface area contributed by atoms with Gasteiger partial charge in [-0.15, -0.1) is 5.06 Å². The highest BCUT2D eigenvalue weighted by atomic mass is 16.7. The lowest BCUT2D eigenvalue weighted by Crippen LogP contribution is -2.54. The van der Waals surface area contributed by atoms with E-state index >= 15 is 0 Å². The molecule has 0 aliphatic carbocycles. The number of aromatic nitrogens is 1. The summed E-state index contributed by atoms with van der Waals surface area (Å²) >= 11 is 0. The first-order valence-electron chi connectivity index (χ1n) is 14.7. The van der Waals surface area contributed by atoms with E-state index < -0.39 is 17.8 Å². The maximum atomic E-state index is 12.0. The molecule has 5 rings (SSSR count). The first-order valence-corrected chi connectivity index (χ1v) is 14.7. The normalized spacial score (nSPS) is 16.7. The van der Waals surface area contributed by atoms with Crippen molar-refractivity contribution in [1.29, 1.82) is 5.26 Å². The molecule has 9 nitrogen and oxygen atoms in total. The van der Waals surface area contributed by atoms with E-state index in [1.807, 2.05) is 59.4 Å². The van der Waals surface area contributed by atoms with Crippen LogP contribution >= 0.6 is 0 Å². The number of allylic oxidation sites excluding steroid dienone is 1. The monoisotopic (exact) mass is 579 g/mol. The van der Waals surface area contributed by atoms with E-state index in [1.165, 1.54) is 5.69 Å². The van der Waals surface area contributed by atoms with Crippen LogP contribution in [-0.2, 0) is 25.8 Å². The van der Waals surface area contributed by atoms with Crippen molar-refractivity contribution >= 4 is 35.1 Å². The number of nitrogens with zero attached hydrogens (tertiary/aromatic N) is 5. The molecule has 2 aliphatic heterocycles. The van der Waals surface area contributed by atoms with Crippen LogP contribution in [0, 0.1) is 11.3 Å². The van der Waals surface area contributed by atoms with Crippen LogP contribution in [-0.4, -0.2) is 67.6 Å². The molecule has 0 spiro atoms. The maximum absolute atomic E-state index is 12.0. The minimum Gasteiger partial charge on any atom is -0.360 e. The highest BCUT2D eigenvalue weighted by Crippen LogP contribution is 2.25. The molecule has 2 aromatic carbocycles. The topological polar surface area (TPSA) is 94.6 Å². The number of rotatable bonds is 9. The molecule has 1 aromatic heterocycles. The number of hydrogen-bond donors (Lipinski definition) is 0. The second-order valence-electron chi connectivity index (χ2n) is 11.7. The third-order valence-electron chi connectivity index (χ3n) is 8.06. The molecule has 2 saturated heterocycles. The summed E-state index contributed by atoms with van der Waals surface area (Å²) in [5.74, 6) is -1.54. The Balaban J connectivity index is 1.14. The molecule has 43 heavy (non-hydrogen) atoms. The Hall–Kier alpha value is -4.81. The number of hydroxylamine groups is 2. The molecule has 0 atom stereocenters. The standard InChI is InChI=1S/C34H37N5O4/c1-39(2)22-20-37(21-23-39)31-11-5-26(6-12-31)24-30(25-35)28-9-7-27(8-10-28)29-15-18-36(19-16-29)17-3-4-34(42)43-38-32(40)13-14-33(38)41/h5-12,15-16,18-19,24H,3-4,13-14,17,20-23H2,1-2H3/q+2. The SMILES string of the molecule is C[N+]1(C)CCN(c2ccc(/C=C(\C#N)c3ccc(-c4cc[n+](CCCC(=O)ON5C(=O)CCC5=O)cc4)cc3)cc2)CC1. The number of carbonyl (C=O) groups is 3. The molecule has 0 bridgehead atoms. The Morgan fingerprint density at radius 1 is 0.930 bits per heavy atom. The second kappa shape index (κ2) is 13.0. The van der Waals surface area contributed by atoms with Crippen molar-refractivity contribution in [2.45, 2.75) is 32.2 Å². The number of imide groups is 1. The first-order chi connectivity index (χ1) is 20.7. The van der Waals surface area contributed by atoms with E-state index in [9.17, 15) is 19.6 Å². The van der Waals surface area contributed by atoms with E-state index in [-0.39, 0.29) is 19.3 Å². The van der Waals surface area contributed by atoms with Gasteiger partial charge in [0.15, 0.2) is 12.4 Å². The number of hydrogen-bond acceptors (Lipinski definition) is 6. The number of anilines is 1. The van der Waals surface area contributed by atoms with Crippen molar-refractivity contribution in [3.63, 3.8) is 0 Å². The van der Waals surface area contributed by atoms with Gasteiger partial charge in [-0.05, 0) is 40.5 Å². The molecule has 3 heterocycles. The average Bonchev–Trinajstić information content (AvgIpc) is 3.33. The van der Waals surface area contributed by atoms with Gasteiger partial charge in [-0.25, -0.2) is 9.36 Å². The third kappa shape index (κ3) is 7.53. The Labute approximate surface area is 252 Å². The fraction of sp³-hybridized carbons (Fsp3) is 0.324. The number of piperazine rings is 1. The van der Waals surface area contributed by atoms with Crippen molar-refractivity contribution in [2.24, 2.45) is 0 Å². The van der Waals surface area contributed by atoms with Crippen LogP contribution < -0.4 is 9.47 Å². The zero-order valence-corrected chi connectivity index (χ0v) is 24.7. The Morgan fingerprint density at radius 2 is 1.53 bits per heavy atom. The molecular formula is C34H37N5O4+2. The fourth-order valence-corrected chi connectivity index (χ4v) is 5.25. The molecule has 220 valence electrons. The summed E-state index contributed by atoms with van der Waals surface area (Å²) in [6.07, 6.45) is 6.58. The molecule has 0 unspecified atom stereocenters. The Kier molecular flexibility index (Phi) is 8.98. The first kappa shape index (κ1) is 29.7. The molecule has 9 heteroatoms. The number of carbonyl (C=O) groups excluding carboxylic acids is 3. The number of pyridine rings is 1. The zero-order chi connectivity index (χ0) is 30.4. The molecule has 2 aliphatic rings. The van der Waals surface area contributed by atoms with Crippen molar-refractivity contribution in [2.75, 3.05) is 45.2 Å². The summed E-state index contributed by atoms with van der Waals surface area (Å²) in [5.41, 5.74) is 5.76. The van der Waals surface area contributed by atoms with Crippen LogP contribution in [0.3, 0.4) is 0 Å². The number of aryl methyl sites for hydroxylation is 1.